The van der Waals surface area contributed by atoms with Crippen LogP contribution in [0.5, 0.6) is 0 Å². The van der Waals surface area contributed by atoms with Crippen molar-refractivity contribution in [3.05, 3.63) is 57.5 Å². The Morgan fingerprint density at radius 3 is 2.52 bits per heavy atom. The lowest BCUT2D eigenvalue weighted by molar-refractivity contribution is -0.133. The highest BCUT2D eigenvalue weighted by molar-refractivity contribution is 7.18. The van der Waals surface area contributed by atoms with Crippen LogP contribution in [0.2, 0.25) is 10.0 Å². The molecule has 2 aromatic carbocycles. The van der Waals surface area contributed by atoms with Crippen molar-refractivity contribution in [2.45, 2.75) is 12.8 Å². The fraction of sp³-hybridized carbons (Fsp3) is 0.211. The van der Waals surface area contributed by atoms with Gasteiger partial charge in [0.2, 0.25) is 11.8 Å². The second-order valence-corrected chi connectivity index (χ2v) is 7.90. The maximum atomic E-state index is 12.3. The van der Waals surface area contributed by atoms with Crippen LogP contribution in [-0.2, 0) is 16.0 Å². The van der Waals surface area contributed by atoms with Gasteiger partial charge in [-0.1, -0.05) is 41.4 Å². The van der Waals surface area contributed by atoms with Gasteiger partial charge in [-0.25, -0.2) is 4.98 Å². The van der Waals surface area contributed by atoms with E-state index >= 15 is 0 Å². The van der Waals surface area contributed by atoms with Gasteiger partial charge in [0, 0.05) is 19.9 Å². The average Bonchev–Trinajstić information content (AvgIpc) is 3.05. The van der Waals surface area contributed by atoms with Crippen LogP contribution in [0.3, 0.4) is 0 Å². The highest BCUT2D eigenvalue weighted by Crippen LogP contribution is 2.29. The predicted octanol–water partition coefficient (Wildman–Crippen LogP) is 4.63. The van der Waals surface area contributed by atoms with Crippen LogP contribution < -0.4 is 5.32 Å². The first-order valence-corrected chi connectivity index (χ1v) is 9.83. The second-order valence-electron chi connectivity index (χ2n) is 5.97. The first-order chi connectivity index (χ1) is 12.9. The van der Waals surface area contributed by atoms with Crippen molar-refractivity contribution in [3.63, 3.8) is 0 Å². The number of fused-ring (bicyclic) bond motifs is 1. The Hall–Kier alpha value is -2.15. The predicted molar refractivity (Wildman–Crippen MR) is 111 cm³/mol. The molecule has 0 fully saturated rings. The number of hydrogen-bond acceptors (Lipinski definition) is 4. The van der Waals surface area contributed by atoms with E-state index < -0.39 is 0 Å². The molecule has 0 aliphatic rings. The summed E-state index contributed by atoms with van der Waals surface area (Å²) in [6.45, 7) is -0.0831. The zero-order chi connectivity index (χ0) is 19.4. The van der Waals surface area contributed by atoms with Gasteiger partial charge in [0.05, 0.1) is 37.5 Å². The Balaban J connectivity index is 1.53. The molecule has 0 spiro atoms. The molecule has 140 valence electrons. The topological polar surface area (TPSA) is 62.3 Å². The van der Waals surface area contributed by atoms with Gasteiger partial charge in [0.1, 0.15) is 0 Å². The molecule has 3 aromatic rings. The molecule has 0 aliphatic carbocycles. The van der Waals surface area contributed by atoms with Gasteiger partial charge < -0.3 is 10.2 Å². The number of aryl methyl sites for hydroxylation is 1. The van der Waals surface area contributed by atoms with Gasteiger partial charge in [-0.3, -0.25) is 9.59 Å². The summed E-state index contributed by atoms with van der Waals surface area (Å²) in [5, 5.41) is 4.25. The SMILES string of the molecule is CN(CC(=O)Nc1c(Cl)cccc1Cl)C(=O)CCc1nc2ccccc2s1. The van der Waals surface area contributed by atoms with E-state index in [-0.39, 0.29) is 24.8 Å². The summed E-state index contributed by atoms with van der Waals surface area (Å²) < 4.78 is 1.10. The number of benzene rings is 2. The maximum Gasteiger partial charge on any atom is 0.244 e. The van der Waals surface area contributed by atoms with E-state index in [1.54, 1.807) is 36.6 Å². The second kappa shape index (κ2) is 8.69. The zero-order valence-electron chi connectivity index (χ0n) is 14.5. The first kappa shape index (κ1) is 19.6. The van der Waals surface area contributed by atoms with Gasteiger partial charge in [-0.05, 0) is 24.3 Å². The van der Waals surface area contributed by atoms with Crippen LogP contribution in [-0.4, -0.2) is 35.3 Å². The summed E-state index contributed by atoms with van der Waals surface area (Å²) in [6.07, 6.45) is 0.830. The van der Waals surface area contributed by atoms with Crippen LogP contribution in [0.25, 0.3) is 10.2 Å². The van der Waals surface area contributed by atoms with Crippen molar-refractivity contribution in [2.24, 2.45) is 0 Å². The molecule has 27 heavy (non-hydrogen) atoms. The fourth-order valence-corrected chi connectivity index (χ4v) is 3.99. The molecule has 1 heterocycles. The smallest absolute Gasteiger partial charge is 0.244 e. The van der Waals surface area contributed by atoms with Crippen LogP contribution in [0.1, 0.15) is 11.4 Å². The maximum absolute atomic E-state index is 12.3. The third-order valence-electron chi connectivity index (χ3n) is 3.92. The number of hydrogen-bond donors (Lipinski definition) is 1. The van der Waals surface area contributed by atoms with E-state index in [1.807, 2.05) is 24.3 Å². The van der Waals surface area contributed by atoms with Crippen molar-refractivity contribution in [1.29, 1.82) is 0 Å². The van der Waals surface area contributed by atoms with E-state index in [1.165, 1.54) is 4.90 Å². The number of nitrogens with one attached hydrogen (secondary N) is 1. The Kier molecular flexibility index (Phi) is 6.31. The summed E-state index contributed by atoms with van der Waals surface area (Å²) >= 11 is 13.7. The van der Waals surface area contributed by atoms with Crippen molar-refractivity contribution >= 4 is 62.3 Å². The lowest BCUT2D eigenvalue weighted by Crippen LogP contribution is -2.35. The number of thiazole rings is 1. The fourth-order valence-electron chi connectivity index (χ4n) is 2.53. The number of para-hydroxylation sites is 2. The van der Waals surface area contributed by atoms with Crippen LogP contribution in [0.4, 0.5) is 5.69 Å². The van der Waals surface area contributed by atoms with Crippen LogP contribution >= 0.6 is 34.5 Å². The quantitative estimate of drug-likeness (QED) is 0.630. The lowest BCUT2D eigenvalue weighted by atomic mass is 10.2. The number of nitrogens with zero attached hydrogens (tertiary/aromatic N) is 2. The van der Waals surface area contributed by atoms with Crippen LogP contribution in [0, 0.1) is 0 Å². The number of anilines is 1. The molecule has 0 bridgehead atoms. The normalized spacial score (nSPS) is 10.8. The minimum atomic E-state index is -0.360. The molecule has 0 aliphatic heterocycles. The largest absolute Gasteiger partial charge is 0.336 e. The minimum Gasteiger partial charge on any atom is -0.336 e. The van der Waals surface area contributed by atoms with Crippen LogP contribution in [0.15, 0.2) is 42.5 Å². The molecule has 8 heteroatoms. The highest BCUT2D eigenvalue weighted by atomic mass is 35.5. The molecule has 0 saturated heterocycles. The van der Waals surface area contributed by atoms with Gasteiger partial charge in [-0.15, -0.1) is 11.3 Å². The average molecular weight is 422 g/mol. The summed E-state index contributed by atoms with van der Waals surface area (Å²) in [6, 6.07) is 12.8. The first-order valence-electron chi connectivity index (χ1n) is 8.26. The van der Waals surface area contributed by atoms with E-state index in [9.17, 15) is 9.59 Å². The zero-order valence-corrected chi connectivity index (χ0v) is 16.9. The summed E-state index contributed by atoms with van der Waals surface area (Å²) in [5.41, 5.74) is 1.29. The molecule has 5 nitrogen and oxygen atoms in total. The molecular formula is C19H17Cl2N3O2S. The highest BCUT2D eigenvalue weighted by Gasteiger charge is 2.16. The Morgan fingerprint density at radius 2 is 1.81 bits per heavy atom. The number of amides is 2. The number of aromatic nitrogens is 1. The Morgan fingerprint density at radius 1 is 1.11 bits per heavy atom. The number of carbonyl (C=O) groups is 2. The number of rotatable bonds is 6. The van der Waals surface area contributed by atoms with Crippen molar-refractivity contribution in [3.8, 4) is 0 Å². The number of likely N-dealkylation sites (N-methyl/N-ethyl adjacent to an activating group) is 1. The van der Waals surface area contributed by atoms with E-state index in [0.29, 0.717) is 22.2 Å². The van der Waals surface area contributed by atoms with Crippen molar-refractivity contribution < 1.29 is 9.59 Å². The molecule has 0 radical (unpaired) electrons. The molecule has 0 unspecified atom stereocenters. The molecule has 0 atom stereocenters. The molecule has 2 amide bonds. The number of halogens is 2. The summed E-state index contributed by atoms with van der Waals surface area (Å²) in [4.78, 5) is 30.4. The molecule has 0 saturated carbocycles. The monoisotopic (exact) mass is 421 g/mol. The van der Waals surface area contributed by atoms with E-state index in [0.717, 1.165) is 15.2 Å². The Bertz CT molecular complexity index is 937. The standard InChI is InChI=1S/C19H17Cl2N3O2S/c1-24(11-16(25)23-19-12(20)5-4-6-13(19)21)18(26)10-9-17-22-14-7-2-3-8-15(14)27-17/h2-8H,9-11H2,1H3,(H,23,25). The molecule has 3 rings (SSSR count). The molecule has 1 aromatic heterocycles. The van der Waals surface area contributed by atoms with E-state index in [2.05, 4.69) is 10.3 Å². The third-order valence-corrected chi connectivity index (χ3v) is 5.65. The van der Waals surface area contributed by atoms with E-state index in [4.69, 9.17) is 23.2 Å². The van der Waals surface area contributed by atoms with Crippen molar-refractivity contribution in [2.75, 3.05) is 18.9 Å². The number of carbonyl (C=O) groups excluding carboxylic acids is 2. The van der Waals surface area contributed by atoms with Gasteiger partial charge in [0.25, 0.3) is 0 Å². The molecule has 1 N–H and O–H groups in total. The minimum absolute atomic E-state index is 0.0831. The lowest BCUT2D eigenvalue weighted by Gasteiger charge is -2.17. The third kappa shape index (κ3) is 4.97. The Labute approximate surface area is 170 Å². The van der Waals surface area contributed by atoms with Gasteiger partial charge in [0.15, 0.2) is 0 Å². The van der Waals surface area contributed by atoms with Gasteiger partial charge >= 0.3 is 0 Å². The summed E-state index contributed by atoms with van der Waals surface area (Å²) in [5.74, 6) is -0.490. The van der Waals surface area contributed by atoms with Crippen molar-refractivity contribution in [1.82, 2.24) is 9.88 Å². The molecular weight excluding hydrogens is 405 g/mol. The summed E-state index contributed by atoms with van der Waals surface area (Å²) in [7, 11) is 1.59. The van der Waals surface area contributed by atoms with Gasteiger partial charge in [-0.2, -0.15) is 0 Å².